The van der Waals surface area contributed by atoms with Crippen LogP contribution < -0.4 is 5.32 Å². The summed E-state index contributed by atoms with van der Waals surface area (Å²) in [6, 6.07) is 19.4. The smallest absolute Gasteiger partial charge is 0.252 e. The predicted molar refractivity (Wildman–Crippen MR) is 96.5 cm³/mol. The van der Waals surface area contributed by atoms with Crippen LogP contribution >= 0.6 is 0 Å². The molecule has 2 aromatic carbocycles. The van der Waals surface area contributed by atoms with Crippen LogP contribution in [0.25, 0.3) is 0 Å². The summed E-state index contributed by atoms with van der Waals surface area (Å²) < 4.78 is 0. The molecule has 2 aromatic rings. The fourth-order valence-corrected chi connectivity index (χ4v) is 2.74. The molecule has 0 aliphatic heterocycles. The number of carbonyl (C=O) groups excluding carboxylic acids is 1. The van der Waals surface area contributed by atoms with Crippen LogP contribution in [-0.2, 0) is 6.54 Å². The molecule has 0 fully saturated rings. The maximum atomic E-state index is 12.5. The molecular weight excluding hydrogens is 300 g/mol. The van der Waals surface area contributed by atoms with Gasteiger partial charge in [0.2, 0.25) is 0 Å². The molecule has 128 valence electrons. The van der Waals surface area contributed by atoms with Crippen LogP contribution in [0.4, 0.5) is 0 Å². The zero-order valence-electron chi connectivity index (χ0n) is 14.2. The van der Waals surface area contributed by atoms with Gasteiger partial charge in [0, 0.05) is 18.7 Å². The number of amides is 1. The molecule has 2 N–H and O–H groups in total. The number of aliphatic hydroxyl groups excluding tert-OH is 1. The lowest BCUT2D eigenvalue weighted by Gasteiger charge is -2.32. The van der Waals surface area contributed by atoms with Crippen molar-refractivity contribution in [2.45, 2.75) is 32.5 Å². The van der Waals surface area contributed by atoms with Crippen molar-refractivity contribution in [2.75, 3.05) is 13.2 Å². The van der Waals surface area contributed by atoms with Crippen LogP contribution in [0.15, 0.2) is 60.7 Å². The molecule has 0 heterocycles. The van der Waals surface area contributed by atoms with Crippen LogP contribution in [0.3, 0.4) is 0 Å². The summed E-state index contributed by atoms with van der Waals surface area (Å²) in [6.07, 6.45) is 1.69. The first-order chi connectivity index (χ1) is 11.7. The molecular formula is C20H26N2O2. The Balaban J connectivity index is 2.10. The van der Waals surface area contributed by atoms with Gasteiger partial charge in [-0.05, 0) is 24.1 Å². The molecule has 2 rings (SSSR count). The van der Waals surface area contributed by atoms with E-state index in [2.05, 4.69) is 29.3 Å². The molecule has 0 aliphatic carbocycles. The minimum Gasteiger partial charge on any atom is -0.395 e. The van der Waals surface area contributed by atoms with E-state index in [0.717, 1.165) is 12.8 Å². The first-order valence-electron chi connectivity index (χ1n) is 8.49. The number of hydrogen-bond donors (Lipinski definition) is 2. The second kappa shape index (κ2) is 9.85. The third-order valence-electron chi connectivity index (χ3n) is 3.95. The molecule has 4 heteroatoms. The van der Waals surface area contributed by atoms with Gasteiger partial charge in [-0.25, -0.2) is 0 Å². The average Bonchev–Trinajstić information content (AvgIpc) is 2.62. The van der Waals surface area contributed by atoms with E-state index in [1.165, 1.54) is 5.56 Å². The van der Waals surface area contributed by atoms with Gasteiger partial charge in [0.05, 0.1) is 12.8 Å². The Bertz CT molecular complexity index is 602. The monoisotopic (exact) mass is 326 g/mol. The third kappa shape index (κ3) is 5.48. The molecule has 0 aliphatic rings. The Kier molecular flexibility index (Phi) is 7.46. The first-order valence-corrected chi connectivity index (χ1v) is 8.49. The highest BCUT2D eigenvalue weighted by molar-refractivity contribution is 5.94. The Hall–Kier alpha value is -2.17. The lowest BCUT2D eigenvalue weighted by Crippen LogP contribution is -2.48. The average molecular weight is 326 g/mol. The van der Waals surface area contributed by atoms with E-state index in [-0.39, 0.29) is 18.7 Å². The van der Waals surface area contributed by atoms with Gasteiger partial charge in [-0.1, -0.05) is 61.9 Å². The van der Waals surface area contributed by atoms with E-state index in [1.807, 2.05) is 48.5 Å². The number of aliphatic hydroxyl groups is 1. The van der Waals surface area contributed by atoms with Crippen LogP contribution in [0.5, 0.6) is 0 Å². The Morgan fingerprint density at radius 3 is 2.29 bits per heavy atom. The SMILES string of the molecule is CCCC(NC(=O)c1ccccc1)N(CCO)Cc1ccccc1. The molecule has 0 spiro atoms. The van der Waals surface area contributed by atoms with Crippen molar-refractivity contribution < 1.29 is 9.90 Å². The van der Waals surface area contributed by atoms with E-state index in [0.29, 0.717) is 18.7 Å². The van der Waals surface area contributed by atoms with Crippen molar-refractivity contribution in [3.8, 4) is 0 Å². The molecule has 0 saturated carbocycles. The molecule has 4 nitrogen and oxygen atoms in total. The van der Waals surface area contributed by atoms with Gasteiger partial charge in [-0.3, -0.25) is 9.69 Å². The van der Waals surface area contributed by atoms with Crippen molar-refractivity contribution in [1.82, 2.24) is 10.2 Å². The highest BCUT2D eigenvalue weighted by atomic mass is 16.3. The van der Waals surface area contributed by atoms with Crippen LogP contribution in [-0.4, -0.2) is 35.2 Å². The molecule has 1 amide bonds. The van der Waals surface area contributed by atoms with Crippen molar-refractivity contribution in [1.29, 1.82) is 0 Å². The maximum Gasteiger partial charge on any atom is 0.252 e. The summed E-state index contributed by atoms with van der Waals surface area (Å²) in [5.41, 5.74) is 1.82. The van der Waals surface area contributed by atoms with E-state index in [1.54, 1.807) is 0 Å². The highest BCUT2D eigenvalue weighted by Gasteiger charge is 2.20. The molecule has 24 heavy (non-hydrogen) atoms. The molecule has 1 unspecified atom stereocenters. The predicted octanol–water partition coefficient (Wildman–Crippen LogP) is 3.04. The second-order valence-corrected chi connectivity index (χ2v) is 5.82. The highest BCUT2D eigenvalue weighted by Crippen LogP contribution is 2.12. The summed E-state index contributed by atoms with van der Waals surface area (Å²) in [7, 11) is 0. The molecule has 0 aromatic heterocycles. The number of benzene rings is 2. The summed E-state index contributed by atoms with van der Waals surface area (Å²) in [5, 5.41) is 12.5. The summed E-state index contributed by atoms with van der Waals surface area (Å²) >= 11 is 0. The van der Waals surface area contributed by atoms with Gasteiger partial charge in [0.25, 0.3) is 5.91 Å². The van der Waals surface area contributed by atoms with E-state index in [9.17, 15) is 9.90 Å². The number of nitrogens with zero attached hydrogens (tertiary/aromatic N) is 1. The van der Waals surface area contributed by atoms with Gasteiger partial charge < -0.3 is 10.4 Å². The van der Waals surface area contributed by atoms with E-state index in [4.69, 9.17) is 0 Å². The van der Waals surface area contributed by atoms with Gasteiger partial charge in [0.15, 0.2) is 0 Å². The Labute approximate surface area is 144 Å². The minimum atomic E-state index is -0.102. The number of hydrogen-bond acceptors (Lipinski definition) is 3. The molecule has 1 atom stereocenters. The van der Waals surface area contributed by atoms with Crippen molar-refractivity contribution in [3.63, 3.8) is 0 Å². The van der Waals surface area contributed by atoms with Gasteiger partial charge >= 0.3 is 0 Å². The third-order valence-corrected chi connectivity index (χ3v) is 3.95. The van der Waals surface area contributed by atoms with E-state index >= 15 is 0 Å². The van der Waals surface area contributed by atoms with Gasteiger partial charge in [-0.2, -0.15) is 0 Å². The molecule has 0 radical (unpaired) electrons. The fraction of sp³-hybridized carbons (Fsp3) is 0.350. The largest absolute Gasteiger partial charge is 0.395 e. The fourth-order valence-electron chi connectivity index (χ4n) is 2.74. The quantitative estimate of drug-likeness (QED) is 0.697. The van der Waals surface area contributed by atoms with E-state index < -0.39 is 0 Å². The summed E-state index contributed by atoms with van der Waals surface area (Å²) in [6.45, 7) is 3.38. The standard InChI is InChI=1S/C20H26N2O2/c1-2-9-19(21-20(24)18-12-7-4-8-13-18)22(14-15-23)16-17-10-5-3-6-11-17/h3-8,10-13,19,23H,2,9,14-16H2,1H3,(H,21,24). The molecule has 0 saturated heterocycles. The number of nitrogens with one attached hydrogen (secondary N) is 1. The lowest BCUT2D eigenvalue weighted by molar-refractivity contribution is 0.0775. The van der Waals surface area contributed by atoms with Crippen LogP contribution in [0.2, 0.25) is 0 Å². The normalized spacial score (nSPS) is 12.1. The van der Waals surface area contributed by atoms with Crippen LogP contribution in [0, 0.1) is 0 Å². The number of rotatable bonds is 9. The lowest BCUT2D eigenvalue weighted by atomic mass is 10.1. The van der Waals surface area contributed by atoms with Gasteiger partial charge in [0.1, 0.15) is 0 Å². The van der Waals surface area contributed by atoms with Crippen LogP contribution in [0.1, 0.15) is 35.7 Å². The zero-order chi connectivity index (χ0) is 17.2. The number of carbonyl (C=O) groups is 1. The van der Waals surface area contributed by atoms with Crippen molar-refractivity contribution in [3.05, 3.63) is 71.8 Å². The van der Waals surface area contributed by atoms with Crippen molar-refractivity contribution in [2.24, 2.45) is 0 Å². The molecule has 0 bridgehead atoms. The Morgan fingerprint density at radius 1 is 1.08 bits per heavy atom. The second-order valence-electron chi connectivity index (χ2n) is 5.82. The van der Waals surface area contributed by atoms with Gasteiger partial charge in [-0.15, -0.1) is 0 Å². The summed E-state index contributed by atoms with van der Waals surface area (Å²) in [5.74, 6) is -0.0787. The first kappa shape index (κ1) is 18.2. The maximum absolute atomic E-state index is 12.5. The minimum absolute atomic E-state index is 0.0637. The van der Waals surface area contributed by atoms with Crippen molar-refractivity contribution >= 4 is 5.91 Å². The summed E-state index contributed by atoms with van der Waals surface area (Å²) in [4.78, 5) is 14.6. The zero-order valence-corrected chi connectivity index (χ0v) is 14.2. The topological polar surface area (TPSA) is 52.6 Å². The Morgan fingerprint density at radius 2 is 1.71 bits per heavy atom.